The van der Waals surface area contributed by atoms with Crippen molar-refractivity contribution in [3.63, 3.8) is 0 Å². The van der Waals surface area contributed by atoms with E-state index in [1.807, 2.05) is 0 Å². The first-order valence-corrected chi connectivity index (χ1v) is 7.42. The van der Waals surface area contributed by atoms with Crippen LogP contribution < -0.4 is 43.8 Å². The number of nitrogens with two attached hydrogens (primary N) is 2. The van der Waals surface area contributed by atoms with Crippen LogP contribution in [0.1, 0.15) is 25.7 Å². The van der Waals surface area contributed by atoms with E-state index in [0.29, 0.717) is 13.1 Å². The van der Waals surface area contributed by atoms with Gasteiger partial charge in [-0.2, -0.15) is 0 Å². The predicted molar refractivity (Wildman–Crippen MR) is 91.4 cm³/mol. The summed E-state index contributed by atoms with van der Waals surface area (Å²) in [5.41, 5.74) is 19.5. The van der Waals surface area contributed by atoms with Crippen LogP contribution in [0.25, 0.3) is 0 Å². The highest BCUT2D eigenvalue weighted by molar-refractivity contribution is 7.80. The molecule has 0 fully saturated rings. The Hall–Kier alpha value is -2.08. The zero-order valence-electron chi connectivity index (χ0n) is 12.0. The highest BCUT2D eigenvalue weighted by Gasteiger charge is 2.00. The van der Waals surface area contributed by atoms with Crippen LogP contribution in [0.15, 0.2) is 0 Å². The Balaban J connectivity index is 3.33. The third kappa shape index (κ3) is 14.3. The topological polar surface area (TPSA) is 158 Å². The van der Waals surface area contributed by atoms with Gasteiger partial charge in [0.15, 0.2) is 10.2 Å². The Labute approximate surface area is 139 Å². The van der Waals surface area contributed by atoms with Crippen LogP contribution in [-0.2, 0) is 0 Å². The third-order valence-corrected chi connectivity index (χ3v) is 2.48. The largest absolute Gasteiger partial charge is 0.375 e. The summed E-state index contributed by atoms with van der Waals surface area (Å²) in [6.45, 7) is 1.08. The molecule has 0 saturated carbocycles. The lowest BCUT2D eigenvalue weighted by Crippen LogP contribution is -2.49. The van der Waals surface area contributed by atoms with Crippen LogP contribution in [0.3, 0.4) is 0 Å². The van der Waals surface area contributed by atoms with E-state index in [0.717, 1.165) is 25.7 Å². The van der Waals surface area contributed by atoms with Crippen molar-refractivity contribution >= 4 is 46.7 Å². The lowest BCUT2D eigenvalue weighted by Gasteiger charge is -2.09. The van der Waals surface area contributed by atoms with Gasteiger partial charge < -0.3 is 22.1 Å². The van der Waals surface area contributed by atoms with E-state index in [9.17, 15) is 9.59 Å². The summed E-state index contributed by atoms with van der Waals surface area (Å²) in [7, 11) is 0. The molecule has 0 unspecified atom stereocenters. The van der Waals surface area contributed by atoms with Crippen molar-refractivity contribution in [3.8, 4) is 0 Å². The van der Waals surface area contributed by atoms with Crippen molar-refractivity contribution in [1.29, 1.82) is 0 Å². The van der Waals surface area contributed by atoms with Gasteiger partial charge in [0.1, 0.15) is 0 Å². The van der Waals surface area contributed by atoms with E-state index >= 15 is 0 Å². The monoisotopic (exact) mass is 350 g/mol. The molecule has 0 aromatic heterocycles. The van der Waals surface area contributed by atoms with Crippen LogP contribution in [0.2, 0.25) is 0 Å². The molecule has 0 aromatic carbocycles. The Morgan fingerprint density at radius 2 is 1.05 bits per heavy atom. The van der Waals surface area contributed by atoms with Crippen molar-refractivity contribution in [2.75, 3.05) is 13.1 Å². The molecule has 0 aliphatic rings. The van der Waals surface area contributed by atoms with E-state index in [2.05, 4.69) is 56.8 Å². The number of hydrogen-bond donors (Lipinski definition) is 8. The number of rotatable bonds is 7. The number of carbonyl (C=O) groups excluding carboxylic acids is 2. The van der Waals surface area contributed by atoms with Crippen molar-refractivity contribution < 1.29 is 9.59 Å². The van der Waals surface area contributed by atoms with E-state index in [4.69, 9.17) is 11.5 Å². The van der Waals surface area contributed by atoms with E-state index < -0.39 is 12.1 Å². The van der Waals surface area contributed by atoms with Gasteiger partial charge >= 0.3 is 12.1 Å². The average Bonchev–Trinajstić information content (AvgIpc) is 2.45. The number of thiocarbonyl (C=S) groups is 2. The number of amides is 4. The van der Waals surface area contributed by atoms with Crippen LogP contribution in [0.5, 0.6) is 0 Å². The summed E-state index contributed by atoms with van der Waals surface area (Å²) >= 11 is 9.06. The summed E-state index contributed by atoms with van der Waals surface area (Å²) in [6, 6.07) is -0.784. The van der Waals surface area contributed by atoms with Gasteiger partial charge in [-0.1, -0.05) is 12.8 Å². The van der Waals surface area contributed by atoms with Crippen LogP contribution in [0, 0.1) is 0 Å². The molecule has 0 bridgehead atoms. The molecular weight excluding hydrogens is 328 g/mol. The average molecular weight is 350 g/mol. The molecule has 0 radical (unpaired) electrons. The fourth-order valence-corrected chi connectivity index (χ4v) is 1.43. The zero-order valence-corrected chi connectivity index (χ0v) is 13.7. The number of hydrazine groups is 2. The van der Waals surface area contributed by atoms with Gasteiger partial charge in [0.05, 0.1) is 0 Å². The highest BCUT2D eigenvalue weighted by Crippen LogP contribution is 1.97. The SMILES string of the molecule is NC(=S)NNC(=O)NCCCCCCNC(=O)NNC(N)=S. The molecule has 126 valence electrons. The summed E-state index contributed by atoms with van der Waals surface area (Å²) in [6.07, 6.45) is 3.51. The second-order valence-corrected chi connectivity index (χ2v) is 5.03. The van der Waals surface area contributed by atoms with Crippen LogP contribution in [-0.4, -0.2) is 35.4 Å². The van der Waals surface area contributed by atoms with Crippen molar-refractivity contribution in [3.05, 3.63) is 0 Å². The Morgan fingerprint density at radius 3 is 1.36 bits per heavy atom. The van der Waals surface area contributed by atoms with Gasteiger partial charge in [0.25, 0.3) is 0 Å². The van der Waals surface area contributed by atoms with E-state index in [1.165, 1.54) is 0 Å². The lowest BCUT2D eigenvalue weighted by molar-refractivity contribution is 0.237. The van der Waals surface area contributed by atoms with Gasteiger partial charge in [-0.3, -0.25) is 10.9 Å². The zero-order chi connectivity index (χ0) is 16.8. The molecule has 12 heteroatoms. The number of carbonyl (C=O) groups is 2. The van der Waals surface area contributed by atoms with Crippen LogP contribution in [0.4, 0.5) is 9.59 Å². The fourth-order valence-electron chi connectivity index (χ4n) is 1.33. The van der Waals surface area contributed by atoms with Crippen molar-refractivity contribution in [2.45, 2.75) is 25.7 Å². The molecule has 0 saturated heterocycles. The van der Waals surface area contributed by atoms with Crippen molar-refractivity contribution in [1.82, 2.24) is 32.3 Å². The number of hydrogen-bond acceptors (Lipinski definition) is 4. The summed E-state index contributed by atoms with van der Waals surface area (Å²) in [5, 5.41) is 5.26. The molecule has 22 heavy (non-hydrogen) atoms. The fraction of sp³-hybridized carbons (Fsp3) is 0.600. The maximum atomic E-state index is 11.2. The molecule has 4 amide bonds. The lowest BCUT2D eigenvalue weighted by atomic mass is 10.2. The molecular formula is C10H22N8O2S2. The van der Waals surface area contributed by atoms with Gasteiger partial charge in [0.2, 0.25) is 0 Å². The Morgan fingerprint density at radius 1 is 0.682 bits per heavy atom. The minimum absolute atomic E-state index is 0.00447. The first-order chi connectivity index (χ1) is 10.4. The summed E-state index contributed by atoms with van der Waals surface area (Å²) < 4.78 is 0. The van der Waals surface area contributed by atoms with E-state index in [1.54, 1.807) is 0 Å². The Kier molecular flexibility index (Phi) is 11.4. The maximum Gasteiger partial charge on any atom is 0.333 e. The molecule has 10 N–H and O–H groups in total. The number of urea groups is 2. The first-order valence-electron chi connectivity index (χ1n) is 6.60. The van der Waals surface area contributed by atoms with Crippen LogP contribution >= 0.6 is 24.4 Å². The van der Waals surface area contributed by atoms with Gasteiger partial charge in [-0.25, -0.2) is 20.4 Å². The predicted octanol–water partition coefficient (Wildman–Crippen LogP) is -1.36. The minimum Gasteiger partial charge on any atom is -0.375 e. The minimum atomic E-state index is -0.392. The summed E-state index contributed by atoms with van der Waals surface area (Å²) in [5.74, 6) is 0. The Bertz CT molecular complexity index is 357. The first kappa shape index (κ1) is 19.9. The molecule has 0 spiro atoms. The molecule has 0 atom stereocenters. The molecule has 0 aromatic rings. The molecule has 10 nitrogen and oxygen atoms in total. The molecule has 0 heterocycles. The molecule has 0 aliphatic heterocycles. The smallest absolute Gasteiger partial charge is 0.333 e. The number of unbranched alkanes of at least 4 members (excludes halogenated alkanes) is 3. The normalized spacial score (nSPS) is 9.27. The molecule has 0 rings (SSSR count). The van der Waals surface area contributed by atoms with Gasteiger partial charge in [-0.15, -0.1) is 0 Å². The van der Waals surface area contributed by atoms with Crippen molar-refractivity contribution in [2.24, 2.45) is 11.5 Å². The van der Waals surface area contributed by atoms with E-state index in [-0.39, 0.29) is 10.2 Å². The van der Waals surface area contributed by atoms with Gasteiger partial charge in [-0.05, 0) is 37.3 Å². The highest BCUT2D eigenvalue weighted by atomic mass is 32.1. The second-order valence-electron chi connectivity index (χ2n) is 4.15. The standard InChI is InChI=1S/C10H22N8O2S2/c11-7(21)15-17-9(19)13-5-3-1-2-4-6-14-10(20)18-16-8(12)22/h1-6H2,(H3,11,15,21)(H3,12,16,22)(H2,13,17,19)(H2,14,18,20). The summed E-state index contributed by atoms with van der Waals surface area (Å²) in [4.78, 5) is 22.4. The third-order valence-electron chi connectivity index (χ3n) is 2.27. The molecule has 0 aliphatic carbocycles. The van der Waals surface area contributed by atoms with Gasteiger partial charge in [0, 0.05) is 13.1 Å². The quantitative estimate of drug-likeness (QED) is 0.159. The maximum absolute atomic E-state index is 11.2. The number of nitrogens with one attached hydrogen (secondary N) is 6. The second kappa shape index (κ2) is 12.6.